The monoisotopic (exact) mass is 406 g/mol. The number of carbonyl (C=O) groups is 2. The lowest BCUT2D eigenvalue weighted by Crippen LogP contribution is -2.38. The van der Waals surface area contributed by atoms with Gasteiger partial charge in [-0.3, -0.25) is 9.59 Å². The fourth-order valence-electron chi connectivity index (χ4n) is 3.63. The number of benzene rings is 2. The van der Waals surface area contributed by atoms with Crippen molar-refractivity contribution in [2.45, 2.75) is 12.8 Å². The molecule has 0 saturated carbocycles. The summed E-state index contributed by atoms with van der Waals surface area (Å²) in [4.78, 5) is 28.8. The summed E-state index contributed by atoms with van der Waals surface area (Å²) in [5.74, 6) is -0.843. The lowest BCUT2D eigenvalue weighted by Gasteiger charge is -2.22. The van der Waals surface area contributed by atoms with Gasteiger partial charge in [0, 0.05) is 32.4 Å². The summed E-state index contributed by atoms with van der Waals surface area (Å²) in [5.41, 5.74) is 1.85. The summed E-state index contributed by atoms with van der Waals surface area (Å²) < 4.78 is 15.7. The molecule has 1 aromatic heterocycles. The van der Waals surface area contributed by atoms with Crippen LogP contribution in [-0.4, -0.2) is 57.6 Å². The van der Waals surface area contributed by atoms with Crippen molar-refractivity contribution in [2.24, 2.45) is 0 Å². The Kier molecular flexibility index (Phi) is 5.88. The van der Waals surface area contributed by atoms with Gasteiger partial charge >= 0.3 is 0 Å². The molecule has 0 unspecified atom stereocenters. The van der Waals surface area contributed by atoms with Gasteiger partial charge in [0.2, 0.25) is 5.91 Å². The van der Waals surface area contributed by atoms with Crippen LogP contribution in [0, 0.1) is 5.82 Å². The number of aromatic nitrogens is 2. The average Bonchev–Trinajstić information content (AvgIpc) is 3.09. The van der Waals surface area contributed by atoms with Crippen molar-refractivity contribution in [1.29, 1.82) is 0 Å². The first-order chi connectivity index (χ1) is 14.6. The van der Waals surface area contributed by atoms with Crippen molar-refractivity contribution in [2.75, 3.05) is 26.2 Å². The van der Waals surface area contributed by atoms with Gasteiger partial charge in [0.15, 0.2) is 0 Å². The van der Waals surface area contributed by atoms with E-state index in [4.69, 9.17) is 0 Å². The highest BCUT2D eigenvalue weighted by atomic mass is 19.1. The number of carbonyl (C=O) groups excluding carboxylic acids is 2. The first kappa shape index (κ1) is 19.8. The largest absolute Gasteiger partial charge is 0.341 e. The minimum absolute atomic E-state index is 0.00259. The highest BCUT2D eigenvalue weighted by Crippen LogP contribution is 2.14. The van der Waals surface area contributed by atoms with E-state index >= 15 is 0 Å². The smallest absolute Gasteiger partial charge is 0.256 e. The zero-order chi connectivity index (χ0) is 20.9. The van der Waals surface area contributed by atoms with E-state index in [9.17, 15) is 14.0 Å². The number of rotatable bonds is 4. The molecule has 0 atom stereocenters. The summed E-state index contributed by atoms with van der Waals surface area (Å²) >= 11 is 0. The molecule has 2 amide bonds. The van der Waals surface area contributed by atoms with Crippen LogP contribution in [0.3, 0.4) is 0 Å². The van der Waals surface area contributed by atoms with Crippen LogP contribution in [-0.2, 0) is 11.2 Å². The van der Waals surface area contributed by atoms with E-state index in [-0.39, 0.29) is 23.8 Å². The summed E-state index contributed by atoms with van der Waals surface area (Å²) in [6.45, 7) is 1.91. The van der Waals surface area contributed by atoms with E-state index in [0.717, 1.165) is 11.3 Å². The van der Waals surface area contributed by atoms with Crippen molar-refractivity contribution in [3.05, 3.63) is 83.9 Å². The van der Waals surface area contributed by atoms with Gasteiger partial charge in [-0.2, -0.15) is 5.10 Å². The maximum atomic E-state index is 13.9. The van der Waals surface area contributed by atoms with Gasteiger partial charge in [-0.25, -0.2) is 9.07 Å². The molecule has 0 radical (unpaired) electrons. The minimum Gasteiger partial charge on any atom is -0.341 e. The molecule has 2 heterocycles. The third kappa shape index (κ3) is 4.40. The topological polar surface area (TPSA) is 58.4 Å². The quantitative estimate of drug-likeness (QED) is 0.669. The minimum atomic E-state index is -0.518. The molecule has 0 aliphatic carbocycles. The van der Waals surface area contributed by atoms with Gasteiger partial charge in [-0.1, -0.05) is 30.3 Å². The van der Waals surface area contributed by atoms with E-state index in [0.29, 0.717) is 32.6 Å². The SMILES string of the molecule is O=C(Cc1cnn(-c2ccccc2)c1)N1CCCN(C(=O)c2ccccc2F)CC1. The Balaban J connectivity index is 1.36. The molecule has 0 N–H and O–H groups in total. The van der Waals surface area contributed by atoms with Crippen molar-refractivity contribution >= 4 is 11.8 Å². The van der Waals surface area contributed by atoms with E-state index in [1.165, 1.54) is 12.1 Å². The first-order valence-corrected chi connectivity index (χ1v) is 10.0. The number of hydrogen-bond acceptors (Lipinski definition) is 3. The van der Waals surface area contributed by atoms with E-state index in [2.05, 4.69) is 5.10 Å². The number of amides is 2. The Morgan fingerprint density at radius 3 is 2.40 bits per heavy atom. The second-order valence-electron chi connectivity index (χ2n) is 7.31. The highest BCUT2D eigenvalue weighted by Gasteiger charge is 2.24. The Bertz CT molecular complexity index is 1030. The maximum absolute atomic E-state index is 13.9. The van der Waals surface area contributed by atoms with Crippen molar-refractivity contribution in [3.63, 3.8) is 0 Å². The lowest BCUT2D eigenvalue weighted by molar-refractivity contribution is -0.130. The molecule has 1 aliphatic rings. The number of nitrogens with zero attached hydrogens (tertiary/aromatic N) is 4. The van der Waals surface area contributed by atoms with Crippen molar-refractivity contribution in [3.8, 4) is 5.69 Å². The molecular weight excluding hydrogens is 383 g/mol. The molecule has 1 fully saturated rings. The van der Waals surface area contributed by atoms with E-state index < -0.39 is 5.82 Å². The van der Waals surface area contributed by atoms with Crippen molar-refractivity contribution in [1.82, 2.24) is 19.6 Å². The normalized spacial score (nSPS) is 14.4. The molecule has 7 heteroatoms. The Hall–Kier alpha value is -3.48. The van der Waals surface area contributed by atoms with Crippen LogP contribution in [0.15, 0.2) is 67.0 Å². The Morgan fingerprint density at radius 1 is 0.900 bits per heavy atom. The Morgan fingerprint density at radius 2 is 1.60 bits per heavy atom. The fourth-order valence-corrected chi connectivity index (χ4v) is 3.63. The summed E-state index contributed by atoms with van der Waals surface area (Å²) in [5, 5.41) is 4.34. The first-order valence-electron chi connectivity index (χ1n) is 10.0. The summed E-state index contributed by atoms with van der Waals surface area (Å²) in [7, 11) is 0. The zero-order valence-corrected chi connectivity index (χ0v) is 16.6. The molecule has 154 valence electrons. The zero-order valence-electron chi connectivity index (χ0n) is 16.6. The number of hydrogen-bond donors (Lipinski definition) is 0. The van der Waals surface area contributed by atoms with Crippen LogP contribution in [0.1, 0.15) is 22.3 Å². The molecule has 3 aromatic rings. The van der Waals surface area contributed by atoms with Crippen molar-refractivity contribution < 1.29 is 14.0 Å². The number of para-hydroxylation sites is 1. The van der Waals surface area contributed by atoms with Crippen LogP contribution < -0.4 is 0 Å². The molecule has 2 aromatic carbocycles. The molecule has 0 bridgehead atoms. The second-order valence-corrected chi connectivity index (χ2v) is 7.31. The Labute approximate surface area is 174 Å². The third-order valence-electron chi connectivity index (χ3n) is 5.25. The van der Waals surface area contributed by atoms with Gasteiger partial charge in [0.1, 0.15) is 5.82 Å². The highest BCUT2D eigenvalue weighted by molar-refractivity contribution is 5.94. The van der Waals surface area contributed by atoms with Gasteiger partial charge < -0.3 is 9.80 Å². The molecular formula is C23H23FN4O2. The maximum Gasteiger partial charge on any atom is 0.256 e. The number of halogens is 1. The van der Waals surface area contributed by atoms with Crippen LogP contribution in [0.4, 0.5) is 4.39 Å². The van der Waals surface area contributed by atoms with Crippen LogP contribution in [0.5, 0.6) is 0 Å². The van der Waals surface area contributed by atoms with Gasteiger partial charge in [-0.05, 0) is 36.2 Å². The third-order valence-corrected chi connectivity index (χ3v) is 5.25. The van der Waals surface area contributed by atoms with Crippen LogP contribution >= 0.6 is 0 Å². The standard InChI is InChI=1S/C23H23FN4O2/c24-21-10-5-4-9-20(21)23(30)27-12-6-11-26(13-14-27)22(29)15-18-16-25-28(17-18)19-7-2-1-3-8-19/h1-5,7-10,16-17H,6,11-15H2. The molecule has 4 rings (SSSR count). The molecule has 1 saturated heterocycles. The average molecular weight is 406 g/mol. The van der Waals surface area contributed by atoms with Crippen LogP contribution in [0.2, 0.25) is 0 Å². The van der Waals surface area contributed by atoms with E-state index in [1.807, 2.05) is 36.5 Å². The van der Waals surface area contributed by atoms with Gasteiger partial charge in [0.25, 0.3) is 5.91 Å². The molecule has 0 spiro atoms. The lowest BCUT2D eigenvalue weighted by atomic mass is 10.2. The predicted molar refractivity (Wildman–Crippen MR) is 111 cm³/mol. The van der Waals surface area contributed by atoms with Gasteiger partial charge in [0.05, 0.1) is 23.9 Å². The predicted octanol–water partition coefficient (Wildman–Crippen LogP) is 2.93. The molecule has 30 heavy (non-hydrogen) atoms. The molecule has 1 aliphatic heterocycles. The van der Waals surface area contributed by atoms with Crippen LogP contribution in [0.25, 0.3) is 5.69 Å². The second kappa shape index (κ2) is 8.90. The summed E-state index contributed by atoms with van der Waals surface area (Å²) in [6.07, 6.45) is 4.49. The van der Waals surface area contributed by atoms with E-state index in [1.54, 1.807) is 32.8 Å². The summed E-state index contributed by atoms with van der Waals surface area (Å²) in [6, 6.07) is 15.7. The fraction of sp³-hybridized carbons (Fsp3) is 0.261. The van der Waals surface area contributed by atoms with Gasteiger partial charge in [-0.15, -0.1) is 0 Å². The molecule has 6 nitrogen and oxygen atoms in total.